The van der Waals surface area contributed by atoms with Crippen LogP contribution < -0.4 is 0 Å². The first-order valence-electron chi connectivity index (χ1n) is 7.64. The van der Waals surface area contributed by atoms with Crippen LogP contribution in [0.1, 0.15) is 25.7 Å². The fraction of sp³-hybridized carbons (Fsp3) is 1.00. The average Bonchev–Trinajstić information content (AvgIpc) is 2.36. The third-order valence-corrected chi connectivity index (χ3v) is 5.86. The van der Waals surface area contributed by atoms with Gasteiger partial charge in [-0.2, -0.15) is 0 Å². The molecule has 4 aliphatic rings. The molecule has 0 aromatic heterocycles. The second-order valence-corrected chi connectivity index (χ2v) is 6.95. The Labute approximate surface area is 116 Å². The van der Waals surface area contributed by atoms with E-state index in [-0.39, 0.29) is 19.2 Å². The molecule has 2 atom stereocenters. The Bertz CT molecular complexity index is 385. The highest BCUT2D eigenvalue weighted by Gasteiger charge is 2.67. The lowest BCUT2D eigenvalue weighted by atomic mass is 9.24. The molecule has 0 N–H and O–H groups in total. The van der Waals surface area contributed by atoms with E-state index in [0.717, 1.165) is 0 Å². The maximum Gasteiger partial charge on any atom is 0.257 e. The Morgan fingerprint density at radius 3 is 1.80 bits per heavy atom. The number of alkyl halides is 4. The van der Waals surface area contributed by atoms with Gasteiger partial charge in [0, 0.05) is 30.8 Å². The Kier molecular flexibility index (Phi) is 2.76. The minimum Gasteiger partial charge on any atom is -0.289 e. The van der Waals surface area contributed by atoms with Gasteiger partial charge in [0.2, 0.25) is 0 Å². The first-order valence-corrected chi connectivity index (χ1v) is 7.64. The molecule has 2 unspecified atom stereocenters. The van der Waals surface area contributed by atoms with Crippen molar-refractivity contribution in [3.8, 4) is 0 Å². The molecule has 0 bridgehead atoms. The van der Waals surface area contributed by atoms with E-state index in [9.17, 15) is 17.6 Å². The third kappa shape index (κ3) is 1.71. The van der Waals surface area contributed by atoms with E-state index in [1.54, 1.807) is 9.80 Å². The predicted octanol–water partition coefficient (Wildman–Crippen LogP) is 2.58. The van der Waals surface area contributed by atoms with Crippen LogP contribution in [0.5, 0.6) is 0 Å². The van der Waals surface area contributed by atoms with Crippen molar-refractivity contribution in [3.05, 3.63) is 0 Å². The van der Waals surface area contributed by atoms with Crippen molar-refractivity contribution in [2.45, 2.75) is 55.2 Å². The van der Waals surface area contributed by atoms with Crippen molar-refractivity contribution in [1.29, 1.82) is 0 Å². The minimum absolute atomic E-state index is 0.168. The molecule has 0 aliphatic carbocycles. The standard InChI is InChI=1S/C13H19BF4N2/c15-12(16)7-19-5-2-6-20-8-13(17,18)10-4-1-3-9(12)14(10)11(19)20/h9-11H,1-8H2. The first kappa shape index (κ1) is 13.4. The Morgan fingerprint density at radius 2 is 1.30 bits per heavy atom. The van der Waals surface area contributed by atoms with Crippen LogP contribution >= 0.6 is 0 Å². The molecule has 7 heteroatoms. The summed E-state index contributed by atoms with van der Waals surface area (Å²) in [4.78, 5) is 3.55. The van der Waals surface area contributed by atoms with E-state index in [2.05, 4.69) is 0 Å². The summed E-state index contributed by atoms with van der Waals surface area (Å²) in [6.45, 7) is 0.203. The second-order valence-electron chi connectivity index (χ2n) is 6.95. The molecule has 0 aromatic rings. The zero-order chi connectivity index (χ0) is 14.1. The van der Waals surface area contributed by atoms with Crippen molar-refractivity contribution in [3.63, 3.8) is 0 Å². The van der Waals surface area contributed by atoms with E-state index in [4.69, 9.17) is 0 Å². The van der Waals surface area contributed by atoms with Crippen molar-refractivity contribution in [2.75, 3.05) is 26.2 Å². The van der Waals surface area contributed by atoms with Gasteiger partial charge in [0.15, 0.2) is 6.71 Å². The second kappa shape index (κ2) is 4.12. The smallest absolute Gasteiger partial charge is 0.257 e. The summed E-state index contributed by atoms with van der Waals surface area (Å²) in [5, 5.41) is 0. The van der Waals surface area contributed by atoms with Crippen LogP contribution in [0, 0.1) is 0 Å². The van der Waals surface area contributed by atoms with Gasteiger partial charge in [-0.05, 0) is 6.42 Å². The fourth-order valence-corrected chi connectivity index (χ4v) is 5.20. The van der Waals surface area contributed by atoms with Crippen molar-refractivity contribution >= 4 is 6.71 Å². The highest BCUT2D eigenvalue weighted by atomic mass is 19.3. The van der Waals surface area contributed by atoms with Crippen molar-refractivity contribution < 1.29 is 17.6 Å². The Hall–Kier alpha value is -0.295. The summed E-state index contributed by atoms with van der Waals surface area (Å²) >= 11 is 0. The van der Waals surface area contributed by atoms with Crippen LogP contribution in [-0.4, -0.2) is 60.6 Å². The van der Waals surface area contributed by atoms with Crippen molar-refractivity contribution in [1.82, 2.24) is 9.80 Å². The molecule has 4 heterocycles. The van der Waals surface area contributed by atoms with Crippen molar-refractivity contribution in [2.24, 2.45) is 0 Å². The summed E-state index contributed by atoms with van der Waals surface area (Å²) in [5.41, 5.74) is 0. The summed E-state index contributed by atoms with van der Waals surface area (Å²) in [7, 11) is 0. The summed E-state index contributed by atoms with van der Waals surface area (Å²) in [5.74, 6) is -7.32. The van der Waals surface area contributed by atoms with Crippen LogP contribution in [0.2, 0.25) is 11.6 Å². The Morgan fingerprint density at radius 1 is 0.800 bits per heavy atom. The largest absolute Gasteiger partial charge is 0.289 e. The predicted molar refractivity (Wildman–Crippen MR) is 68.6 cm³/mol. The van der Waals surface area contributed by atoms with Crippen LogP contribution in [0.4, 0.5) is 17.6 Å². The van der Waals surface area contributed by atoms with Gasteiger partial charge in [0.25, 0.3) is 11.8 Å². The van der Waals surface area contributed by atoms with Gasteiger partial charge in [-0.3, -0.25) is 9.80 Å². The molecule has 112 valence electrons. The quantitative estimate of drug-likeness (QED) is 0.500. The van der Waals surface area contributed by atoms with Gasteiger partial charge in [0.1, 0.15) is 0 Å². The topological polar surface area (TPSA) is 6.48 Å². The number of nitrogens with zero attached hydrogens (tertiary/aromatic N) is 2. The molecule has 4 rings (SSSR count). The van der Waals surface area contributed by atoms with Crippen LogP contribution in [0.25, 0.3) is 0 Å². The molecule has 4 saturated heterocycles. The highest BCUT2D eigenvalue weighted by Crippen LogP contribution is 2.57. The lowest BCUT2D eigenvalue weighted by Gasteiger charge is -2.61. The van der Waals surface area contributed by atoms with Gasteiger partial charge in [-0.1, -0.05) is 19.3 Å². The van der Waals surface area contributed by atoms with Crippen LogP contribution in [0.3, 0.4) is 0 Å². The number of hydrogen-bond acceptors (Lipinski definition) is 2. The third-order valence-electron chi connectivity index (χ3n) is 5.86. The molecule has 20 heavy (non-hydrogen) atoms. The molecule has 4 aliphatic heterocycles. The van der Waals surface area contributed by atoms with E-state index < -0.39 is 30.2 Å². The zero-order valence-electron chi connectivity index (χ0n) is 11.4. The highest BCUT2D eigenvalue weighted by molar-refractivity contribution is 6.65. The fourth-order valence-electron chi connectivity index (χ4n) is 5.20. The monoisotopic (exact) mass is 290 g/mol. The minimum atomic E-state index is -2.81. The molecular weight excluding hydrogens is 271 g/mol. The van der Waals surface area contributed by atoms with Gasteiger partial charge in [-0.15, -0.1) is 0 Å². The summed E-state index contributed by atoms with van der Waals surface area (Å²) in [6.07, 6.45) is 2.04. The first-order chi connectivity index (χ1) is 9.40. The molecule has 0 saturated carbocycles. The lowest BCUT2D eigenvalue weighted by Crippen LogP contribution is -2.76. The summed E-state index contributed by atoms with van der Waals surface area (Å²) < 4.78 is 57.5. The van der Waals surface area contributed by atoms with Crippen LogP contribution in [0.15, 0.2) is 0 Å². The lowest BCUT2D eigenvalue weighted by molar-refractivity contribution is -0.137. The van der Waals surface area contributed by atoms with E-state index in [1.165, 1.54) is 0 Å². The van der Waals surface area contributed by atoms with E-state index in [1.807, 2.05) is 0 Å². The number of hydrogen-bond donors (Lipinski definition) is 0. The molecule has 4 fully saturated rings. The molecular formula is C13H19BF4N2. The van der Waals surface area contributed by atoms with Gasteiger partial charge in [-0.25, -0.2) is 17.6 Å². The SMILES string of the molecule is FC1(F)CN2CCCN3CC(F)(F)C4CCCC1B4C23. The number of halogens is 4. The normalized spacial score (nSPS) is 43.2. The van der Waals surface area contributed by atoms with Gasteiger partial charge < -0.3 is 0 Å². The molecule has 0 radical (unpaired) electrons. The molecule has 2 nitrogen and oxygen atoms in total. The summed E-state index contributed by atoms with van der Waals surface area (Å²) in [6, 6.07) is -0.168. The maximum absolute atomic E-state index is 14.4. The molecule has 0 aromatic carbocycles. The number of rotatable bonds is 0. The van der Waals surface area contributed by atoms with Gasteiger partial charge >= 0.3 is 0 Å². The molecule has 0 spiro atoms. The van der Waals surface area contributed by atoms with E-state index >= 15 is 0 Å². The maximum atomic E-state index is 14.4. The molecule has 0 amide bonds. The van der Waals surface area contributed by atoms with Gasteiger partial charge in [0.05, 0.1) is 13.1 Å². The Balaban J connectivity index is 1.78. The zero-order valence-corrected chi connectivity index (χ0v) is 11.4. The van der Waals surface area contributed by atoms with Crippen LogP contribution in [-0.2, 0) is 0 Å². The van der Waals surface area contributed by atoms with E-state index in [0.29, 0.717) is 38.8 Å². The average molecular weight is 290 g/mol.